The van der Waals surface area contributed by atoms with Crippen molar-refractivity contribution in [2.24, 2.45) is 0 Å². The standard InChI is InChI=1S/C19H16F4N6OS/c1-10-16(17(30)26-11-2-3-13(20)14(21)4-11)18(31-28-10)27-15-6-24-12(5-25-15)7-29-8-19(22,23)9-29/h2-6H,7-9H2,1H3,(H,25,27)(H,26,30). The first kappa shape index (κ1) is 21.1. The second-order valence-corrected chi connectivity index (χ2v) is 7.85. The molecule has 0 spiro atoms. The first-order valence-electron chi connectivity index (χ1n) is 9.11. The van der Waals surface area contributed by atoms with Crippen LogP contribution >= 0.6 is 11.5 Å². The number of alkyl halides is 2. The van der Waals surface area contributed by atoms with Gasteiger partial charge in [0.15, 0.2) is 11.6 Å². The predicted molar refractivity (Wildman–Crippen MR) is 107 cm³/mol. The number of nitrogens with one attached hydrogen (secondary N) is 2. The van der Waals surface area contributed by atoms with Crippen LogP contribution in [0.3, 0.4) is 0 Å². The number of likely N-dealkylation sites (tertiary alicyclic amines) is 1. The Balaban J connectivity index is 1.43. The smallest absolute Gasteiger partial charge is 0.272 e. The van der Waals surface area contributed by atoms with Gasteiger partial charge in [-0.25, -0.2) is 22.5 Å². The van der Waals surface area contributed by atoms with Gasteiger partial charge >= 0.3 is 0 Å². The van der Waals surface area contributed by atoms with Crippen molar-refractivity contribution < 1.29 is 22.4 Å². The lowest BCUT2D eigenvalue weighted by molar-refractivity contribution is -0.134. The minimum Gasteiger partial charge on any atom is -0.329 e. The van der Waals surface area contributed by atoms with Gasteiger partial charge in [-0.2, -0.15) is 4.37 Å². The zero-order valence-corrected chi connectivity index (χ0v) is 16.9. The summed E-state index contributed by atoms with van der Waals surface area (Å²) >= 11 is 1.03. The van der Waals surface area contributed by atoms with Crippen LogP contribution in [0.4, 0.5) is 34.1 Å². The van der Waals surface area contributed by atoms with Gasteiger partial charge in [0.05, 0.1) is 42.4 Å². The lowest BCUT2D eigenvalue weighted by Crippen LogP contribution is -2.55. The number of anilines is 3. The highest BCUT2D eigenvalue weighted by Gasteiger charge is 2.43. The molecule has 3 aromatic rings. The summed E-state index contributed by atoms with van der Waals surface area (Å²) in [4.78, 5) is 22.6. The van der Waals surface area contributed by atoms with E-state index in [-0.39, 0.29) is 30.9 Å². The Labute approximate surface area is 178 Å². The van der Waals surface area contributed by atoms with Gasteiger partial charge in [-0.3, -0.25) is 14.7 Å². The molecule has 7 nitrogen and oxygen atoms in total. The first-order valence-corrected chi connectivity index (χ1v) is 9.88. The van der Waals surface area contributed by atoms with Crippen molar-refractivity contribution in [1.29, 1.82) is 0 Å². The fraction of sp³-hybridized carbons (Fsp3) is 0.263. The molecule has 0 radical (unpaired) electrons. The van der Waals surface area contributed by atoms with E-state index in [1.54, 1.807) is 11.8 Å². The number of hydrogen-bond donors (Lipinski definition) is 2. The molecule has 1 amide bonds. The second kappa shape index (κ2) is 8.19. The largest absolute Gasteiger partial charge is 0.329 e. The molecule has 0 unspecified atom stereocenters. The molecule has 0 atom stereocenters. The molecule has 2 aromatic heterocycles. The number of aryl methyl sites for hydroxylation is 1. The SMILES string of the molecule is Cc1nsc(Nc2cnc(CN3CC(F)(F)C3)cn2)c1C(=O)Nc1ccc(F)c(F)c1. The second-order valence-electron chi connectivity index (χ2n) is 7.07. The molecule has 3 heterocycles. The Morgan fingerprint density at radius 2 is 1.97 bits per heavy atom. The summed E-state index contributed by atoms with van der Waals surface area (Å²) in [6.07, 6.45) is 2.90. The minimum atomic E-state index is -2.64. The van der Waals surface area contributed by atoms with Crippen molar-refractivity contribution >= 4 is 33.9 Å². The number of halogens is 4. The number of nitrogens with zero attached hydrogens (tertiary/aromatic N) is 4. The average molecular weight is 452 g/mol. The molecule has 4 rings (SSSR count). The fourth-order valence-corrected chi connectivity index (χ4v) is 3.86. The Bertz CT molecular complexity index is 1110. The number of carbonyl (C=O) groups excluding carboxylic acids is 1. The number of amides is 1. The van der Waals surface area contributed by atoms with Gasteiger partial charge in [0.25, 0.3) is 11.8 Å². The molecule has 1 aliphatic heterocycles. The Kier molecular flexibility index (Phi) is 5.58. The van der Waals surface area contributed by atoms with Crippen LogP contribution in [-0.4, -0.2) is 44.2 Å². The van der Waals surface area contributed by atoms with Crippen LogP contribution in [-0.2, 0) is 6.54 Å². The summed E-state index contributed by atoms with van der Waals surface area (Å²) in [5, 5.41) is 5.85. The highest BCUT2D eigenvalue weighted by Crippen LogP contribution is 2.29. The Hall–Kier alpha value is -3.12. The molecule has 31 heavy (non-hydrogen) atoms. The zero-order valence-electron chi connectivity index (χ0n) is 16.1. The van der Waals surface area contributed by atoms with Gasteiger partial charge in [0.2, 0.25) is 0 Å². The number of rotatable bonds is 6. The van der Waals surface area contributed by atoms with E-state index in [2.05, 4.69) is 25.0 Å². The highest BCUT2D eigenvalue weighted by molar-refractivity contribution is 7.10. The van der Waals surface area contributed by atoms with E-state index < -0.39 is 23.5 Å². The third kappa shape index (κ3) is 4.80. The van der Waals surface area contributed by atoms with E-state index in [4.69, 9.17) is 0 Å². The molecule has 162 valence electrons. The van der Waals surface area contributed by atoms with Crippen LogP contribution in [0, 0.1) is 18.6 Å². The maximum atomic E-state index is 13.4. The molecule has 12 heteroatoms. The van der Waals surface area contributed by atoms with Crippen LogP contribution in [0.25, 0.3) is 0 Å². The van der Waals surface area contributed by atoms with Crippen LogP contribution < -0.4 is 10.6 Å². The molecular formula is C19H16F4N6OS. The normalized spacial score (nSPS) is 15.4. The van der Waals surface area contributed by atoms with E-state index in [1.165, 1.54) is 18.5 Å². The molecular weight excluding hydrogens is 436 g/mol. The van der Waals surface area contributed by atoms with Crippen molar-refractivity contribution in [1.82, 2.24) is 19.2 Å². The van der Waals surface area contributed by atoms with Gasteiger partial charge in [-0.05, 0) is 30.6 Å². The third-order valence-corrected chi connectivity index (χ3v) is 5.36. The molecule has 0 bridgehead atoms. The monoisotopic (exact) mass is 452 g/mol. The molecule has 1 aliphatic rings. The van der Waals surface area contributed by atoms with E-state index in [0.717, 1.165) is 23.7 Å². The maximum Gasteiger partial charge on any atom is 0.272 e. The number of hydrogen-bond acceptors (Lipinski definition) is 7. The van der Waals surface area contributed by atoms with Crippen LogP contribution in [0.2, 0.25) is 0 Å². The van der Waals surface area contributed by atoms with E-state index >= 15 is 0 Å². The van der Waals surface area contributed by atoms with E-state index in [9.17, 15) is 22.4 Å². The maximum absolute atomic E-state index is 13.4. The number of benzene rings is 1. The first-order chi connectivity index (χ1) is 14.7. The lowest BCUT2D eigenvalue weighted by atomic mass is 10.1. The molecule has 0 saturated carbocycles. The highest BCUT2D eigenvalue weighted by atomic mass is 32.1. The fourth-order valence-electron chi connectivity index (χ4n) is 3.06. The van der Waals surface area contributed by atoms with E-state index in [0.29, 0.717) is 22.2 Å². The zero-order chi connectivity index (χ0) is 22.2. The summed E-state index contributed by atoms with van der Waals surface area (Å²) in [5.74, 6) is -4.95. The average Bonchev–Trinajstić information content (AvgIpc) is 3.05. The van der Waals surface area contributed by atoms with Gasteiger partial charge in [0.1, 0.15) is 10.8 Å². The quantitative estimate of drug-likeness (QED) is 0.551. The van der Waals surface area contributed by atoms with Gasteiger partial charge in [-0.1, -0.05) is 0 Å². The van der Waals surface area contributed by atoms with Crippen molar-refractivity contribution in [3.05, 3.63) is 59.2 Å². The molecule has 1 fully saturated rings. The minimum absolute atomic E-state index is 0.0983. The molecule has 1 aromatic carbocycles. The number of aromatic nitrogens is 3. The topological polar surface area (TPSA) is 83.0 Å². The van der Waals surface area contributed by atoms with Gasteiger partial charge in [0, 0.05) is 18.3 Å². The summed E-state index contributed by atoms with van der Waals surface area (Å²) in [6, 6.07) is 3.05. The summed E-state index contributed by atoms with van der Waals surface area (Å²) < 4.78 is 56.5. The van der Waals surface area contributed by atoms with Crippen LogP contribution in [0.5, 0.6) is 0 Å². The molecule has 0 aliphatic carbocycles. The Morgan fingerprint density at radius 1 is 1.19 bits per heavy atom. The van der Waals surface area contributed by atoms with Gasteiger partial charge < -0.3 is 10.6 Å². The summed E-state index contributed by atoms with van der Waals surface area (Å²) in [7, 11) is 0. The van der Waals surface area contributed by atoms with Crippen molar-refractivity contribution in [3.63, 3.8) is 0 Å². The summed E-state index contributed by atoms with van der Waals surface area (Å²) in [5.41, 5.74) is 1.30. The van der Waals surface area contributed by atoms with Crippen molar-refractivity contribution in [3.8, 4) is 0 Å². The van der Waals surface area contributed by atoms with Gasteiger partial charge in [-0.15, -0.1) is 0 Å². The van der Waals surface area contributed by atoms with Crippen LogP contribution in [0.15, 0.2) is 30.6 Å². The van der Waals surface area contributed by atoms with Crippen LogP contribution in [0.1, 0.15) is 21.7 Å². The third-order valence-electron chi connectivity index (χ3n) is 4.51. The van der Waals surface area contributed by atoms with Crippen molar-refractivity contribution in [2.75, 3.05) is 23.7 Å². The summed E-state index contributed by atoms with van der Waals surface area (Å²) in [6.45, 7) is 1.31. The molecule has 2 N–H and O–H groups in total. The van der Waals surface area contributed by atoms with E-state index in [1.807, 2.05) is 0 Å². The predicted octanol–water partition coefficient (Wildman–Crippen LogP) is 3.97. The Morgan fingerprint density at radius 3 is 2.61 bits per heavy atom. The van der Waals surface area contributed by atoms with Crippen molar-refractivity contribution in [2.45, 2.75) is 19.4 Å². The lowest BCUT2D eigenvalue weighted by Gasteiger charge is -2.38. The molecule has 1 saturated heterocycles. The number of carbonyl (C=O) groups is 1.